The summed E-state index contributed by atoms with van der Waals surface area (Å²) in [6.45, 7) is 1.79. The van der Waals surface area contributed by atoms with Gasteiger partial charge < -0.3 is 9.64 Å². The van der Waals surface area contributed by atoms with E-state index in [0.29, 0.717) is 18.4 Å². The lowest BCUT2D eigenvalue weighted by molar-refractivity contribution is 0.198. The van der Waals surface area contributed by atoms with Gasteiger partial charge in [-0.3, -0.25) is 0 Å². The van der Waals surface area contributed by atoms with E-state index in [2.05, 4.69) is 11.9 Å². The van der Waals surface area contributed by atoms with E-state index in [1.54, 1.807) is 12.1 Å². The van der Waals surface area contributed by atoms with E-state index in [1.165, 1.54) is 25.0 Å². The standard InChI is InChI=1S/C12H16FNO.ClH/c1-14-7-3-5-11(14)9-15-12-6-2-4-10(13)8-12;/h2,4,6,8,11H,3,5,7,9H2,1H3;1H. The molecule has 1 atom stereocenters. The molecule has 1 unspecified atom stereocenters. The third-order valence-electron chi connectivity index (χ3n) is 2.91. The zero-order valence-electron chi connectivity index (χ0n) is 9.36. The van der Waals surface area contributed by atoms with Crippen LogP contribution in [0.4, 0.5) is 4.39 Å². The lowest BCUT2D eigenvalue weighted by Gasteiger charge is -2.19. The van der Waals surface area contributed by atoms with Crippen LogP contribution < -0.4 is 4.74 Å². The predicted octanol–water partition coefficient (Wildman–Crippen LogP) is 2.72. The number of hydrogen-bond donors (Lipinski definition) is 0. The number of likely N-dealkylation sites (N-methyl/N-ethyl adjacent to an activating group) is 1. The number of rotatable bonds is 3. The van der Waals surface area contributed by atoms with Gasteiger partial charge in [-0.05, 0) is 38.6 Å². The summed E-state index contributed by atoms with van der Waals surface area (Å²) < 4.78 is 18.4. The van der Waals surface area contributed by atoms with Gasteiger partial charge in [-0.2, -0.15) is 0 Å². The van der Waals surface area contributed by atoms with Crippen molar-refractivity contribution in [2.75, 3.05) is 20.2 Å². The number of halogens is 2. The maximum absolute atomic E-state index is 12.9. The number of likely N-dealkylation sites (tertiary alicyclic amines) is 1. The largest absolute Gasteiger partial charge is 0.492 e. The normalized spacial score (nSPS) is 20.5. The van der Waals surface area contributed by atoms with Crippen molar-refractivity contribution in [3.63, 3.8) is 0 Å². The minimum atomic E-state index is -0.243. The van der Waals surface area contributed by atoms with Gasteiger partial charge in [0.25, 0.3) is 0 Å². The topological polar surface area (TPSA) is 12.5 Å². The van der Waals surface area contributed by atoms with Crippen molar-refractivity contribution in [3.05, 3.63) is 30.1 Å². The molecule has 2 rings (SSSR count). The van der Waals surface area contributed by atoms with Crippen molar-refractivity contribution in [1.82, 2.24) is 4.90 Å². The molecular formula is C12H17ClFNO. The Hall–Kier alpha value is -0.800. The molecule has 1 fully saturated rings. The van der Waals surface area contributed by atoms with Gasteiger partial charge in [0, 0.05) is 12.1 Å². The summed E-state index contributed by atoms with van der Waals surface area (Å²) in [5.74, 6) is 0.377. The first-order chi connectivity index (χ1) is 7.25. The summed E-state index contributed by atoms with van der Waals surface area (Å²) in [6.07, 6.45) is 2.40. The van der Waals surface area contributed by atoms with Crippen molar-refractivity contribution in [1.29, 1.82) is 0 Å². The van der Waals surface area contributed by atoms with Gasteiger partial charge in [-0.25, -0.2) is 4.39 Å². The third-order valence-corrected chi connectivity index (χ3v) is 2.91. The second-order valence-corrected chi connectivity index (χ2v) is 4.05. The van der Waals surface area contributed by atoms with E-state index >= 15 is 0 Å². The zero-order valence-corrected chi connectivity index (χ0v) is 10.2. The molecule has 0 aliphatic carbocycles. The first-order valence-corrected chi connectivity index (χ1v) is 5.34. The summed E-state index contributed by atoms with van der Waals surface area (Å²) in [7, 11) is 2.10. The van der Waals surface area contributed by atoms with E-state index in [-0.39, 0.29) is 18.2 Å². The highest BCUT2D eigenvalue weighted by Gasteiger charge is 2.21. The van der Waals surface area contributed by atoms with E-state index in [0.717, 1.165) is 6.54 Å². The van der Waals surface area contributed by atoms with Gasteiger partial charge in [0.2, 0.25) is 0 Å². The van der Waals surface area contributed by atoms with Gasteiger partial charge in [-0.1, -0.05) is 6.07 Å². The summed E-state index contributed by atoms with van der Waals surface area (Å²) >= 11 is 0. The van der Waals surface area contributed by atoms with Crippen LogP contribution in [0.25, 0.3) is 0 Å². The van der Waals surface area contributed by atoms with Crippen LogP contribution in [0.5, 0.6) is 5.75 Å². The molecule has 1 saturated heterocycles. The molecule has 90 valence electrons. The molecule has 0 amide bonds. The van der Waals surface area contributed by atoms with Crippen molar-refractivity contribution >= 4 is 12.4 Å². The minimum absolute atomic E-state index is 0. The number of hydrogen-bond acceptors (Lipinski definition) is 2. The average Bonchev–Trinajstić information content (AvgIpc) is 2.61. The van der Waals surface area contributed by atoms with Crippen molar-refractivity contribution in [2.45, 2.75) is 18.9 Å². The molecule has 16 heavy (non-hydrogen) atoms. The van der Waals surface area contributed by atoms with Crippen LogP contribution in [-0.2, 0) is 0 Å². The Morgan fingerprint density at radius 2 is 2.31 bits per heavy atom. The van der Waals surface area contributed by atoms with Gasteiger partial charge in [-0.15, -0.1) is 12.4 Å². The Morgan fingerprint density at radius 1 is 1.50 bits per heavy atom. The molecule has 0 radical (unpaired) electrons. The van der Waals surface area contributed by atoms with Crippen LogP contribution in [0, 0.1) is 5.82 Å². The highest BCUT2D eigenvalue weighted by Crippen LogP contribution is 2.17. The quantitative estimate of drug-likeness (QED) is 0.812. The Kier molecular flexibility index (Phi) is 5.03. The molecule has 4 heteroatoms. The molecule has 1 aliphatic heterocycles. The number of benzene rings is 1. The SMILES string of the molecule is CN1CCCC1COc1cccc(F)c1.Cl. The van der Waals surface area contributed by atoms with Gasteiger partial charge in [0.1, 0.15) is 18.2 Å². The van der Waals surface area contributed by atoms with E-state index < -0.39 is 0 Å². The fourth-order valence-corrected chi connectivity index (χ4v) is 1.94. The predicted molar refractivity (Wildman–Crippen MR) is 64.8 cm³/mol. The van der Waals surface area contributed by atoms with E-state index in [9.17, 15) is 4.39 Å². The summed E-state index contributed by atoms with van der Waals surface area (Å²) in [5.41, 5.74) is 0. The van der Waals surface area contributed by atoms with Crippen molar-refractivity contribution < 1.29 is 9.13 Å². The van der Waals surface area contributed by atoms with Gasteiger partial charge in [0.05, 0.1) is 0 Å². The fourth-order valence-electron chi connectivity index (χ4n) is 1.94. The van der Waals surface area contributed by atoms with Gasteiger partial charge in [0.15, 0.2) is 0 Å². The first kappa shape index (κ1) is 13.3. The van der Waals surface area contributed by atoms with E-state index in [1.807, 2.05) is 0 Å². The maximum atomic E-state index is 12.9. The highest BCUT2D eigenvalue weighted by molar-refractivity contribution is 5.85. The summed E-state index contributed by atoms with van der Waals surface area (Å²) in [4.78, 5) is 2.29. The van der Waals surface area contributed by atoms with Crippen LogP contribution in [0.15, 0.2) is 24.3 Å². The minimum Gasteiger partial charge on any atom is -0.492 e. The molecule has 0 spiro atoms. The Labute approximate surface area is 102 Å². The van der Waals surface area contributed by atoms with Crippen LogP contribution in [0.2, 0.25) is 0 Å². The second kappa shape index (κ2) is 6.06. The Balaban J connectivity index is 0.00000128. The molecule has 1 heterocycles. The molecule has 1 aromatic rings. The van der Waals surface area contributed by atoms with Crippen LogP contribution in [0.1, 0.15) is 12.8 Å². The molecule has 0 saturated carbocycles. The molecule has 1 aromatic carbocycles. The Bertz CT molecular complexity index is 335. The smallest absolute Gasteiger partial charge is 0.126 e. The number of ether oxygens (including phenoxy) is 1. The molecule has 0 bridgehead atoms. The van der Waals surface area contributed by atoms with Gasteiger partial charge >= 0.3 is 0 Å². The lowest BCUT2D eigenvalue weighted by atomic mass is 10.2. The molecule has 0 N–H and O–H groups in total. The number of nitrogens with zero attached hydrogens (tertiary/aromatic N) is 1. The second-order valence-electron chi connectivity index (χ2n) is 4.05. The summed E-state index contributed by atoms with van der Waals surface area (Å²) in [6, 6.07) is 6.79. The maximum Gasteiger partial charge on any atom is 0.126 e. The monoisotopic (exact) mass is 245 g/mol. The van der Waals surface area contributed by atoms with Crippen LogP contribution in [0.3, 0.4) is 0 Å². The van der Waals surface area contributed by atoms with Crippen molar-refractivity contribution in [3.8, 4) is 5.75 Å². The molecule has 0 aromatic heterocycles. The Morgan fingerprint density at radius 3 is 2.94 bits per heavy atom. The first-order valence-electron chi connectivity index (χ1n) is 5.34. The van der Waals surface area contributed by atoms with Crippen molar-refractivity contribution in [2.24, 2.45) is 0 Å². The van der Waals surface area contributed by atoms with Crippen LogP contribution in [-0.4, -0.2) is 31.1 Å². The zero-order chi connectivity index (χ0) is 10.7. The molecule has 2 nitrogen and oxygen atoms in total. The van der Waals surface area contributed by atoms with E-state index in [4.69, 9.17) is 4.74 Å². The molecule has 1 aliphatic rings. The third kappa shape index (κ3) is 3.35. The average molecular weight is 246 g/mol. The summed E-state index contributed by atoms with van der Waals surface area (Å²) in [5, 5.41) is 0. The highest BCUT2D eigenvalue weighted by atomic mass is 35.5. The van der Waals surface area contributed by atoms with Crippen LogP contribution >= 0.6 is 12.4 Å². The fraction of sp³-hybridized carbons (Fsp3) is 0.500. The molecular weight excluding hydrogens is 229 g/mol. The lowest BCUT2D eigenvalue weighted by Crippen LogP contribution is -2.30.